The van der Waals surface area contributed by atoms with E-state index in [1.807, 2.05) is 31.3 Å². The highest BCUT2D eigenvalue weighted by atomic mass is 16.6. The number of fused-ring (bicyclic) bond motifs is 4. The molecule has 4 aliphatic rings. The van der Waals surface area contributed by atoms with E-state index >= 15 is 0 Å². The first-order chi connectivity index (χ1) is 19.4. The zero-order valence-electron chi connectivity index (χ0n) is 23.2. The molecule has 0 saturated carbocycles. The number of piperidine rings is 2. The summed E-state index contributed by atoms with van der Waals surface area (Å²) in [4.78, 5) is 44.3. The summed E-state index contributed by atoms with van der Waals surface area (Å²) in [7, 11) is 4.16. The minimum absolute atomic E-state index is 0.0311. The number of esters is 3. The van der Waals surface area contributed by atoms with E-state index < -0.39 is 18.0 Å². The molecule has 8 atom stereocenters. The molecular weight excluding hydrogens is 508 g/mol. The standard InChI is InChI=1S/C32H38N2O6/c1-33-22-13-15-25(33)24(27(17-22)39-30(35)20-9-5-3-6-10-20)19-38-32(37)29-26-16-14-23(34(26)2)18-28(29)40-31(36)21-11-7-4-8-12-21/h3-12,22-29H,13-19H2,1-2H3/t22-,23+,24-,25+,26-,27+,28-,29+/m1/s1. The molecule has 212 valence electrons. The van der Waals surface area contributed by atoms with E-state index in [-0.39, 0.29) is 48.7 Å². The van der Waals surface area contributed by atoms with Crippen molar-refractivity contribution in [3.63, 3.8) is 0 Å². The molecule has 0 radical (unpaired) electrons. The summed E-state index contributed by atoms with van der Waals surface area (Å²) in [5.41, 5.74) is 0.999. The summed E-state index contributed by atoms with van der Waals surface area (Å²) in [6, 6.07) is 18.7. The van der Waals surface area contributed by atoms with Crippen LogP contribution in [0.2, 0.25) is 0 Å². The van der Waals surface area contributed by atoms with Crippen LogP contribution >= 0.6 is 0 Å². The number of ether oxygens (including phenoxy) is 3. The van der Waals surface area contributed by atoms with Gasteiger partial charge in [-0.15, -0.1) is 0 Å². The molecule has 4 aliphatic heterocycles. The first-order valence-corrected chi connectivity index (χ1v) is 14.5. The van der Waals surface area contributed by atoms with Crippen LogP contribution in [0, 0.1) is 11.8 Å². The molecular formula is C32H38N2O6. The molecule has 4 heterocycles. The van der Waals surface area contributed by atoms with Gasteiger partial charge in [0, 0.05) is 42.9 Å². The van der Waals surface area contributed by atoms with Gasteiger partial charge in [-0.05, 0) is 64.0 Å². The summed E-state index contributed by atoms with van der Waals surface area (Å²) < 4.78 is 18.1. The fourth-order valence-electron chi connectivity index (χ4n) is 7.57. The second-order valence-corrected chi connectivity index (χ2v) is 11.8. The fraction of sp³-hybridized carbons (Fsp3) is 0.531. The molecule has 4 fully saturated rings. The van der Waals surface area contributed by atoms with Crippen molar-refractivity contribution in [3.05, 3.63) is 71.8 Å². The Morgan fingerprint density at radius 3 is 1.80 bits per heavy atom. The van der Waals surface area contributed by atoms with Gasteiger partial charge in [-0.1, -0.05) is 36.4 Å². The lowest BCUT2D eigenvalue weighted by Crippen LogP contribution is -2.55. The minimum atomic E-state index is -0.556. The predicted octanol–water partition coefficient (Wildman–Crippen LogP) is 3.95. The van der Waals surface area contributed by atoms with E-state index in [1.54, 1.807) is 36.4 Å². The van der Waals surface area contributed by atoms with Crippen molar-refractivity contribution in [3.8, 4) is 0 Å². The molecule has 0 spiro atoms. The predicted molar refractivity (Wildman–Crippen MR) is 148 cm³/mol. The lowest BCUT2D eigenvalue weighted by molar-refractivity contribution is -0.163. The van der Waals surface area contributed by atoms with Gasteiger partial charge in [0.2, 0.25) is 0 Å². The van der Waals surface area contributed by atoms with Gasteiger partial charge in [0.15, 0.2) is 0 Å². The fourth-order valence-corrected chi connectivity index (χ4v) is 7.57. The quantitative estimate of drug-likeness (QED) is 0.381. The van der Waals surface area contributed by atoms with Gasteiger partial charge >= 0.3 is 17.9 Å². The Hall–Kier alpha value is -3.23. The summed E-state index contributed by atoms with van der Waals surface area (Å²) in [5, 5.41) is 0. The molecule has 0 unspecified atom stereocenters. The second-order valence-electron chi connectivity index (χ2n) is 11.8. The summed E-state index contributed by atoms with van der Waals surface area (Å²) >= 11 is 0. The summed E-state index contributed by atoms with van der Waals surface area (Å²) in [6.07, 6.45) is 4.33. The highest BCUT2D eigenvalue weighted by Crippen LogP contribution is 2.42. The highest BCUT2D eigenvalue weighted by Gasteiger charge is 2.52. The lowest BCUT2D eigenvalue weighted by atomic mass is 9.86. The number of carbonyl (C=O) groups is 3. The molecule has 0 aliphatic carbocycles. The smallest absolute Gasteiger partial charge is 0.338 e. The van der Waals surface area contributed by atoms with E-state index in [4.69, 9.17) is 14.2 Å². The first kappa shape index (κ1) is 27.0. The number of benzene rings is 2. The monoisotopic (exact) mass is 546 g/mol. The van der Waals surface area contributed by atoms with Gasteiger partial charge in [-0.3, -0.25) is 14.6 Å². The maximum Gasteiger partial charge on any atom is 0.338 e. The molecule has 0 aromatic heterocycles. The van der Waals surface area contributed by atoms with Crippen LogP contribution in [0.5, 0.6) is 0 Å². The van der Waals surface area contributed by atoms with Crippen LogP contribution in [-0.4, -0.2) is 84.8 Å². The minimum Gasteiger partial charge on any atom is -0.465 e. The van der Waals surface area contributed by atoms with Crippen molar-refractivity contribution in [1.29, 1.82) is 0 Å². The van der Waals surface area contributed by atoms with Gasteiger partial charge in [-0.2, -0.15) is 0 Å². The van der Waals surface area contributed by atoms with E-state index in [9.17, 15) is 14.4 Å². The van der Waals surface area contributed by atoms with Crippen molar-refractivity contribution in [1.82, 2.24) is 9.80 Å². The van der Waals surface area contributed by atoms with E-state index in [1.165, 1.54) is 0 Å². The van der Waals surface area contributed by atoms with Crippen LogP contribution in [-0.2, 0) is 19.0 Å². The van der Waals surface area contributed by atoms with Crippen molar-refractivity contribution < 1.29 is 28.6 Å². The molecule has 40 heavy (non-hydrogen) atoms. The molecule has 8 nitrogen and oxygen atoms in total. The van der Waals surface area contributed by atoms with Crippen LogP contribution in [0.1, 0.15) is 59.2 Å². The largest absolute Gasteiger partial charge is 0.465 e. The van der Waals surface area contributed by atoms with Crippen LogP contribution in [0.25, 0.3) is 0 Å². The Morgan fingerprint density at radius 1 is 0.700 bits per heavy atom. The molecule has 0 N–H and O–H groups in total. The Kier molecular flexibility index (Phi) is 7.64. The van der Waals surface area contributed by atoms with Gasteiger partial charge in [0.05, 0.1) is 17.7 Å². The van der Waals surface area contributed by atoms with Gasteiger partial charge < -0.3 is 14.2 Å². The van der Waals surface area contributed by atoms with Crippen molar-refractivity contribution in [2.45, 2.75) is 74.9 Å². The van der Waals surface area contributed by atoms with Crippen LogP contribution in [0.15, 0.2) is 60.7 Å². The second kappa shape index (κ2) is 11.3. The number of rotatable bonds is 7. The number of carbonyl (C=O) groups excluding carboxylic acids is 3. The third kappa shape index (κ3) is 5.15. The number of nitrogens with zero attached hydrogens (tertiary/aromatic N) is 2. The topological polar surface area (TPSA) is 85.4 Å². The molecule has 4 saturated heterocycles. The summed E-state index contributed by atoms with van der Waals surface area (Å²) in [6.45, 7) is 0.170. The maximum absolute atomic E-state index is 13.8. The van der Waals surface area contributed by atoms with Gasteiger partial charge in [0.25, 0.3) is 0 Å². The molecule has 6 rings (SSSR count). The van der Waals surface area contributed by atoms with Crippen LogP contribution < -0.4 is 0 Å². The molecule has 4 bridgehead atoms. The van der Waals surface area contributed by atoms with Crippen molar-refractivity contribution >= 4 is 17.9 Å². The third-order valence-electron chi connectivity index (χ3n) is 9.81. The van der Waals surface area contributed by atoms with Gasteiger partial charge in [0.1, 0.15) is 18.1 Å². The maximum atomic E-state index is 13.8. The molecule has 2 aromatic carbocycles. The zero-order valence-corrected chi connectivity index (χ0v) is 23.2. The van der Waals surface area contributed by atoms with Crippen molar-refractivity contribution in [2.75, 3.05) is 20.7 Å². The third-order valence-corrected chi connectivity index (χ3v) is 9.81. The van der Waals surface area contributed by atoms with E-state index in [0.29, 0.717) is 23.6 Å². The molecule has 8 heteroatoms. The SMILES string of the molecule is CN1[C@H]2CC[C@@H]1[C@H](C(=O)OC[C@H]1[C@@H](OC(=O)c3ccccc3)C[C@H]3CC[C@@H]1N3C)[C@H](OC(=O)c1ccccc1)C2. The lowest BCUT2D eigenvalue weighted by Gasteiger charge is -2.43. The zero-order chi connectivity index (χ0) is 27.8. The Balaban J connectivity index is 1.17. The Bertz CT molecular complexity index is 1220. The Labute approximate surface area is 235 Å². The summed E-state index contributed by atoms with van der Waals surface area (Å²) in [5.74, 6) is -1.77. The highest BCUT2D eigenvalue weighted by molar-refractivity contribution is 5.90. The van der Waals surface area contributed by atoms with E-state index in [0.717, 1.165) is 32.1 Å². The first-order valence-electron chi connectivity index (χ1n) is 14.5. The van der Waals surface area contributed by atoms with E-state index in [2.05, 4.69) is 16.8 Å². The Morgan fingerprint density at radius 2 is 1.20 bits per heavy atom. The van der Waals surface area contributed by atoms with Gasteiger partial charge in [-0.25, -0.2) is 9.59 Å². The average molecular weight is 547 g/mol. The molecule has 2 aromatic rings. The normalized spacial score (nSPS) is 33.4. The van der Waals surface area contributed by atoms with Crippen LogP contribution in [0.4, 0.5) is 0 Å². The number of hydrogen-bond acceptors (Lipinski definition) is 8. The molecule has 0 amide bonds. The number of hydrogen-bond donors (Lipinski definition) is 0. The van der Waals surface area contributed by atoms with Crippen LogP contribution in [0.3, 0.4) is 0 Å². The average Bonchev–Trinajstić information content (AvgIpc) is 3.35. The van der Waals surface area contributed by atoms with Crippen molar-refractivity contribution in [2.24, 2.45) is 11.8 Å².